The van der Waals surface area contributed by atoms with Crippen molar-refractivity contribution in [3.63, 3.8) is 0 Å². The van der Waals surface area contributed by atoms with Crippen LogP contribution in [0.15, 0.2) is 48.7 Å². The summed E-state index contributed by atoms with van der Waals surface area (Å²) in [5, 5.41) is 1.09. The molecule has 0 radical (unpaired) electrons. The average molecular weight is 369 g/mol. The Hall–Kier alpha value is -2.31. The summed E-state index contributed by atoms with van der Waals surface area (Å²) in [4.78, 5) is 23.4. The van der Waals surface area contributed by atoms with Gasteiger partial charge in [-0.1, -0.05) is 18.2 Å². The number of rotatable bonds is 9. The number of aryl methyl sites for hydroxylation is 1. The first-order valence-corrected chi connectivity index (χ1v) is 9.59. The molecule has 2 heterocycles. The highest BCUT2D eigenvalue weighted by atomic mass is 32.1. The van der Waals surface area contributed by atoms with Gasteiger partial charge in [-0.05, 0) is 37.1 Å². The maximum Gasteiger partial charge on any atom is 0.223 e. The molecule has 1 amide bonds. The molecular weight excluding hydrogens is 346 g/mol. The molecule has 0 N–H and O–H groups in total. The number of hydrogen-bond acceptors (Lipinski definition) is 5. The van der Waals surface area contributed by atoms with E-state index in [0.29, 0.717) is 26.1 Å². The lowest BCUT2D eigenvalue weighted by Gasteiger charge is -2.22. The molecule has 5 nitrogen and oxygen atoms in total. The standard InChI is InChI=1S/C20H23N3O2S/c1-25-14-13-23(15-16-7-4-5-12-21-16)20(24)11-6-10-19-22-17-8-2-3-9-18(17)26-19/h2-5,7-9,12H,6,10-11,13-15H2,1H3. The van der Waals surface area contributed by atoms with E-state index in [4.69, 9.17) is 4.74 Å². The molecule has 0 saturated heterocycles. The van der Waals surface area contributed by atoms with Gasteiger partial charge in [0.2, 0.25) is 5.91 Å². The number of carbonyl (C=O) groups excluding carboxylic acids is 1. The van der Waals surface area contributed by atoms with Crippen LogP contribution >= 0.6 is 11.3 Å². The summed E-state index contributed by atoms with van der Waals surface area (Å²) in [6, 6.07) is 13.9. The van der Waals surface area contributed by atoms with E-state index in [1.54, 1.807) is 24.6 Å². The van der Waals surface area contributed by atoms with Gasteiger partial charge in [-0.25, -0.2) is 4.98 Å². The van der Waals surface area contributed by atoms with Crippen molar-refractivity contribution in [3.05, 3.63) is 59.4 Å². The Balaban J connectivity index is 1.54. The van der Waals surface area contributed by atoms with Gasteiger partial charge >= 0.3 is 0 Å². The first-order valence-electron chi connectivity index (χ1n) is 8.77. The minimum Gasteiger partial charge on any atom is -0.383 e. The number of pyridine rings is 1. The van der Waals surface area contributed by atoms with Gasteiger partial charge < -0.3 is 9.64 Å². The number of aromatic nitrogens is 2. The molecule has 0 spiro atoms. The predicted molar refractivity (Wildman–Crippen MR) is 104 cm³/mol. The van der Waals surface area contributed by atoms with Gasteiger partial charge in [-0.3, -0.25) is 9.78 Å². The van der Waals surface area contributed by atoms with Crippen molar-refractivity contribution in [2.75, 3.05) is 20.3 Å². The predicted octanol–water partition coefficient (Wildman–Crippen LogP) is 3.69. The molecule has 0 aliphatic heterocycles. The van der Waals surface area contributed by atoms with Gasteiger partial charge in [-0.15, -0.1) is 11.3 Å². The van der Waals surface area contributed by atoms with Gasteiger partial charge in [0.1, 0.15) is 0 Å². The molecular formula is C20H23N3O2S. The van der Waals surface area contributed by atoms with Crippen LogP contribution in [-0.2, 0) is 22.5 Å². The van der Waals surface area contributed by atoms with Crippen molar-refractivity contribution in [1.29, 1.82) is 0 Å². The SMILES string of the molecule is COCCN(Cc1ccccn1)C(=O)CCCc1nc2ccccc2s1. The second kappa shape index (κ2) is 9.40. The van der Waals surface area contributed by atoms with Crippen LogP contribution in [0.5, 0.6) is 0 Å². The molecule has 6 heteroatoms. The van der Waals surface area contributed by atoms with E-state index in [-0.39, 0.29) is 5.91 Å². The zero-order valence-electron chi connectivity index (χ0n) is 14.9. The third-order valence-corrected chi connectivity index (χ3v) is 5.21. The van der Waals surface area contributed by atoms with Crippen LogP contribution in [0.4, 0.5) is 0 Å². The first kappa shape index (κ1) is 18.5. The Morgan fingerprint density at radius 1 is 1.19 bits per heavy atom. The molecule has 26 heavy (non-hydrogen) atoms. The van der Waals surface area contributed by atoms with Gasteiger partial charge in [0.25, 0.3) is 0 Å². The molecule has 0 aliphatic carbocycles. The lowest BCUT2D eigenvalue weighted by atomic mass is 10.2. The van der Waals surface area contributed by atoms with Crippen LogP contribution in [0.3, 0.4) is 0 Å². The summed E-state index contributed by atoms with van der Waals surface area (Å²) in [6.45, 7) is 1.62. The van der Waals surface area contributed by atoms with Crippen LogP contribution in [0.25, 0.3) is 10.2 Å². The number of para-hydroxylation sites is 1. The van der Waals surface area contributed by atoms with Crippen molar-refractivity contribution in [2.24, 2.45) is 0 Å². The van der Waals surface area contributed by atoms with E-state index in [1.807, 2.05) is 41.3 Å². The topological polar surface area (TPSA) is 55.3 Å². The second-order valence-corrected chi connectivity index (χ2v) is 7.17. The molecule has 1 aromatic carbocycles. The van der Waals surface area contributed by atoms with Crippen LogP contribution in [-0.4, -0.2) is 41.0 Å². The lowest BCUT2D eigenvalue weighted by molar-refractivity contribution is -0.132. The highest BCUT2D eigenvalue weighted by Crippen LogP contribution is 2.22. The van der Waals surface area contributed by atoms with E-state index in [9.17, 15) is 4.79 Å². The van der Waals surface area contributed by atoms with Crippen LogP contribution in [0.2, 0.25) is 0 Å². The number of nitrogens with zero attached hydrogens (tertiary/aromatic N) is 3. The quantitative estimate of drug-likeness (QED) is 0.577. The van der Waals surface area contributed by atoms with Gasteiger partial charge in [0, 0.05) is 26.3 Å². The summed E-state index contributed by atoms with van der Waals surface area (Å²) >= 11 is 1.71. The van der Waals surface area contributed by atoms with Crippen molar-refractivity contribution in [1.82, 2.24) is 14.9 Å². The van der Waals surface area contributed by atoms with E-state index in [1.165, 1.54) is 4.70 Å². The smallest absolute Gasteiger partial charge is 0.223 e. The largest absolute Gasteiger partial charge is 0.383 e. The number of carbonyl (C=O) groups is 1. The molecule has 0 atom stereocenters. The summed E-state index contributed by atoms with van der Waals surface area (Å²) in [7, 11) is 1.65. The maximum absolute atomic E-state index is 12.6. The Bertz CT molecular complexity index is 802. The van der Waals surface area contributed by atoms with Crippen molar-refractivity contribution < 1.29 is 9.53 Å². The summed E-state index contributed by atoms with van der Waals surface area (Å²) < 4.78 is 6.34. The van der Waals surface area contributed by atoms with Crippen LogP contribution < -0.4 is 0 Å². The molecule has 0 bridgehead atoms. The fourth-order valence-corrected chi connectivity index (χ4v) is 3.77. The Labute approximate surface area is 157 Å². The number of hydrogen-bond donors (Lipinski definition) is 0. The van der Waals surface area contributed by atoms with E-state index >= 15 is 0 Å². The van der Waals surface area contributed by atoms with Gasteiger partial charge in [-0.2, -0.15) is 0 Å². The van der Waals surface area contributed by atoms with Crippen LogP contribution in [0.1, 0.15) is 23.5 Å². The van der Waals surface area contributed by atoms with Crippen molar-refractivity contribution in [2.45, 2.75) is 25.8 Å². The molecule has 0 fully saturated rings. The van der Waals surface area contributed by atoms with Gasteiger partial charge in [0.05, 0.1) is 34.1 Å². The molecule has 0 unspecified atom stereocenters. The monoisotopic (exact) mass is 369 g/mol. The Morgan fingerprint density at radius 3 is 2.81 bits per heavy atom. The second-order valence-electron chi connectivity index (χ2n) is 6.06. The highest BCUT2D eigenvalue weighted by molar-refractivity contribution is 7.18. The zero-order chi connectivity index (χ0) is 18.2. The summed E-state index contributed by atoms with van der Waals surface area (Å²) in [5.74, 6) is 0.133. The fourth-order valence-electron chi connectivity index (χ4n) is 2.76. The number of methoxy groups -OCH3 is 1. The van der Waals surface area contributed by atoms with Crippen LogP contribution in [0, 0.1) is 0 Å². The number of ether oxygens (including phenoxy) is 1. The molecule has 3 rings (SSSR count). The Kier molecular flexibility index (Phi) is 6.68. The number of benzene rings is 1. The van der Waals surface area contributed by atoms with Crippen molar-refractivity contribution >= 4 is 27.5 Å². The average Bonchev–Trinajstić information content (AvgIpc) is 3.08. The van der Waals surface area contributed by atoms with E-state index in [2.05, 4.69) is 16.0 Å². The van der Waals surface area contributed by atoms with E-state index in [0.717, 1.165) is 29.1 Å². The zero-order valence-corrected chi connectivity index (χ0v) is 15.7. The molecule has 3 aromatic rings. The minimum atomic E-state index is 0.133. The third-order valence-electron chi connectivity index (χ3n) is 4.12. The number of thiazole rings is 1. The minimum absolute atomic E-state index is 0.133. The van der Waals surface area contributed by atoms with E-state index < -0.39 is 0 Å². The maximum atomic E-state index is 12.6. The Morgan fingerprint density at radius 2 is 2.04 bits per heavy atom. The summed E-state index contributed by atoms with van der Waals surface area (Å²) in [5.41, 5.74) is 1.93. The fraction of sp³-hybridized carbons (Fsp3) is 0.350. The number of amides is 1. The molecule has 0 saturated carbocycles. The normalized spacial score (nSPS) is 11.0. The highest BCUT2D eigenvalue weighted by Gasteiger charge is 2.14. The lowest BCUT2D eigenvalue weighted by Crippen LogP contribution is -2.33. The molecule has 2 aromatic heterocycles. The van der Waals surface area contributed by atoms with Crippen molar-refractivity contribution in [3.8, 4) is 0 Å². The van der Waals surface area contributed by atoms with Gasteiger partial charge in [0.15, 0.2) is 0 Å². The third kappa shape index (κ3) is 5.09. The molecule has 136 valence electrons. The number of fused-ring (bicyclic) bond motifs is 1. The first-order chi connectivity index (χ1) is 12.8. The summed E-state index contributed by atoms with van der Waals surface area (Å²) in [6.07, 6.45) is 3.88. The molecule has 0 aliphatic rings.